The first-order valence-electron chi connectivity index (χ1n) is 7.39. The maximum absolute atomic E-state index is 5.80. The first kappa shape index (κ1) is 14.1. The lowest BCUT2D eigenvalue weighted by Crippen LogP contribution is -2.22. The number of likely N-dealkylation sites (N-methyl/N-ethyl adjacent to an activating group) is 1. The van der Waals surface area contributed by atoms with Crippen LogP contribution in [0.25, 0.3) is 0 Å². The summed E-state index contributed by atoms with van der Waals surface area (Å²) in [6, 6.07) is 8.84. The summed E-state index contributed by atoms with van der Waals surface area (Å²) < 4.78 is 5.80. The van der Waals surface area contributed by atoms with E-state index in [0.717, 1.165) is 12.3 Å². The predicted molar refractivity (Wildman–Crippen MR) is 80.6 cm³/mol. The maximum Gasteiger partial charge on any atom is 0.120 e. The van der Waals surface area contributed by atoms with E-state index in [1.54, 1.807) is 0 Å². The summed E-state index contributed by atoms with van der Waals surface area (Å²) in [5, 5.41) is 3.60. The molecule has 1 unspecified atom stereocenters. The molecule has 1 atom stereocenters. The second kappa shape index (κ2) is 6.76. The molecular weight excluding hydrogens is 234 g/mol. The topological polar surface area (TPSA) is 21.3 Å². The highest BCUT2D eigenvalue weighted by Gasteiger charge is 2.18. The highest BCUT2D eigenvalue weighted by Crippen LogP contribution is 2.32. The molecule has 0 aliphatic heterocycles. The van der Waals surface area contributed by atoms with Crippen LogP contribution in [0.1, 0.15) is 51.6 Å². The van der Waals surface area contributed by atoms with Gasteiger partial charge in [0.15, 0.2) is 0 Å². The van der Waals surface area contributed by atoms with Crippen molar-refractivity contribution in [3.8, 4) is 5.75 Å². The van der Waals surface area contributed by atoms with Crippen LogP contribution in [0.5, 0.6) is 5.75 Å². The summed E-state index contributed by atoms with van der Waals surface area (Å²) >= 11 is 0. The zero-order chi connectivity index (χ0) is 13.7. The molecule has 0 saturated heterocycles. The van der Waals surface area contributed by atoms with E-state index >= 15 is 0 Å². The van der Waals surface area contributed by atoms with Crippen LogP contribution in [-0.2, 0) is 0 Å². The van der Waals surface area contributed by atoms with E-state index in [-0.39, 0.29) is 6.10 Å². The molecule has 0 aromatic heterocycles. The Morgan fingerprint density at radius 1 is 1.32 bits per heavy atom. The van der Waals surface area contributed by atoms with Gasteiger partial charge in [-0.15, -0.1) is 0 Å². The van der Waals surface area contributed by atoms with Crippen molar-refractivity contribution in [2.75, 3.05) is 6.54 Å². The van der Waals surface area contributed by atoms with Gasteiger partial charge in [-0.05, 0) is 57.4 Å². The molecule has 1 aliphatic rings. The molecule has 0 bridgehead atoms. The lowest BCUT2D eigenvalue weighted by molar-refractivity contribution is 0.242. The van der Waals surface area contributed by atoms with Crippen LogP contribution in [0.3, 0.4) is 0 Å². The molecule has 2 rings (SSSR count). The highest BCUT2D eigenvalue weighted by atomic mass is 16.5. The Bertz CT molecular complexity index is 437. The van der Waals surface area contributed by atoms with Gasteiger partial charge in [-0.1, -0.05) is 30.7 Å². The number of benzene rings is 1. The van der Waals surface area contributed by atoms with Crippen molar-refractivity contribution in [3.05, 3.63) is 41.5 Å². The van der Waals surface area contributed by atoms with Gasteiger partial charge in [0, 0.05) is 0 Å². The van der Waals surface area contributed by atoms with Crippen LogP contribution < -0.4 is 10.1 Å². The zero-order valence-corrected chi connectivity index (χ0v) is 12.3. The molecule has 1 aliphatic carbocycles. The second-order valence-electron chi connectivity index (χ2n) is 5.40. The Kier molecular flexibility index (Phi) is 5.03. The van der Waals surface area contributed by atoms with E-state index in [1.165, 1.54) is 30.4 Å². The number of allylic oxidation sites excluding steroid dienone is 1. The van der Waals surface area contributed by atoms with Gasteiger partial charge in [-0.2, -0.15) is 0 Å². The molecular formula is C17H25NO. The average Bonchev–Trinajstić information content (AvgIpc) is 2.89. The largest absolute Gasteiger partial charge is 0.491 e. The third-order valence-corrected chi connectivity index (χ3v) is 3.42. The lowest BCUT2D eigenvalue weighted by atomic mass is 9.98. The van der Waals surface area contributed by atoms with E-state index in [0.29, 0.717) is 6.04 Å². The van der Waals surface area contributed by atoms with E-state index in [2.05, 4.69) is 50.4 Å². The summed E-state index contributed by atoms with van der Waals surface area (Å²) in [6.07, 6.45) is 6.34. The van der Waals surface area contributed by atoms with Crippen molar-refractivity contribution in [2.24, 2.45) is 0 Å². The minimum atomic E-state index is 0.221. The van der Waals surface area contributed by atoms with Crippen molar-refractivity contribution in [1.29, 1.82) is 0 Å². The minimum absolute atomic E-state index is 0.221. The monoisotopic (exact) mass is 259 g/mol. The maximum atomic E-state index is 5.80. The van der Waals surface area contributed by atoms with Crippen LogP contribution in [0, 0.1) is 0 Å². The van der Waals surface area contributed by atoms with E-state index in [9.17, 15) is 0 Å². The summed E-state index contributed by atoms with van der Waals surface area (Å²) in [5.41, 5.74) is 2.84. The quantitative estimate of drug-likeness (QED) is 0.772. The highest BCUT2D eigenvalue weighted by molar-refractivity contribution is 5.35. The fraction of sp³-hybridized carbons (Fsp3) is 0.529. The van der Waals surface area contributed by atoms with E-state index < -0.39 is 0 Å². The summed E-state index contributed by atoms with van der Waals surface area (Å²) in [7, 11) is 0. The number of ether oxygens (including phenoxy) is 1. The van der Waals surface area contributed by atoms with Crippen molar-refractivity contribution >= 4 is 0 Å². The van der Waals surface area contributed by atoms with Gasteiger partial charge < -0.3 is 10.1 Å². The van der Waals surface area contributed by atoms with Gasteiger partial charge in [-0.3, -0.25) is 0 Å². The van der Waals surface area contributed by atoms with Gasteiger partial charge in [0.2, 0.25) is 0 Å². The Balaban J connectivity index is 2.20. The first-order chi connectivity index (χ1) is 9.20. The molecule has 0 saturated carbocycles. The molecule has 0 radical (unpaired) electrons. The molecule has 0 heterocycles. The molecule has 2 heteroatoms. The predicted octanol–water partition coefficient (Wildman–Crippen LogP) is 4.23. The number of hydrogen-bond donors (Lipinski definition) is 1. The number of hydrogen-bond acceptors (Lipinski definition) is 2. The van der Waals surface area contributed by atoms with Gasteiger partial charge >= 0.3 is 0 Å². The van der Waals surface area contributed by atoms with Crippen LogP contribution in [-0.4, -0.2) is 12.6 Å². The molecule has 19 heavy (non-hydrogen) atoms. The van der Waals surface area contributed by atoms with Crippen LogP contribution in [0.15, 0.2) is 35.9 Å². The summed E-state index contributed by atoms with van der Waals surface area (Å²) in [5.74, 6) is 0.967. The van der Waals surface area contributed by atoms with Crippen LogP contribution in [0.4, 0.5) is 0 Å². The molecule has 0 spiro atoms. The average molecular weight is 259 g/mol. The fourth-order valence-electron chi connectivity index (χ4n) is 2.66. The van der Waals surface area contributed by atoms with Crippen molar-refractivity contribution < 1.29 is 4.74 Å². The summed E-state index contributed by atoms with van der Waals surface area (Å²) in [4.78, 5) is 0. The van der Waals surface area contributed by atoms with Gasteiger partial charge in [0.25, 0.3) is 0 Å². The number of nitrogens with one attached hydrogen (secondary N) is 1. The Morgan fingerprint density at radius 3 is 2.79 bits per heavy atom. The van der Waals surface area contributed by atoms with Crippen molar-refractivity contribution in [1.82, 2.24) is 5.32 Å². The molecule has 0 fully saturated rings. The first-order valence-corrected chi connectivity index (χ1v) is 7.39. The van der Waals surface area contributed by atoms with Gasteiger partial charge in [0.05, 0.1) is 12.1 Å². The number of rotatable bonds is 6. The molecule has 0 amide bonds. The molecule has 1 N–H and O–H groups in total. The molecule has 2 nitrogen and oxygen atoms in total. The van der Waals surface area contributed by atoms with E-state index in [1.807, 2.05) is 6.07 Å². The second-order valence-corrected chi connectivity index (χ2v) is 5.40. The smallest absolute Gasteiger partial charge is 0.120 e. The Labute approximate surface area is 116 Å². The summed E-state index contributed by atoms with van der Waals surface area (Å²) in [6.45, 7) is 7.27. The third-order valence-electron chi connectivity index (χ3n) is 3.42. The van der Waals surface area contributed by atoms with Crippen molar-refractivity contribution in [3.63, 3.8) is 0 Å². The third kappa shape index (κ3) is 3.84. The molecule has 1 aromatic rings. The Hall–Kier alpha value is -1.28. The van der Waals surface area contributed by atoms with Gasteiger partial charge in [-0.25, -0.2) is 0 Å². The van der Waals surface area contributed by atoms with E-state index in [4.69, 9.17) is 4.74 Å². The Morgan fingerprint density at radius 2 is 2.16 bits per heavy atom. The standard InChI is InChI=1S/C17H25NO/c1-4-18-17(14-8-5-6-9-14)15-10-7-11-16(12-15)19-13(2)3/h7-8,10-13,17-18H,4-6,9H2,1-3H3. The van der Waals surface area contributed by atoms with Crippen LogP contribution >= 0.6 is 0 Å². The normalized spacial score (nSPS) is 16.5. The molecule has 104 valence electrons. The zero-order valence-electron chi connectivity index (χ0n) is 12.3. The molecule has 1 aromatic carbocycles. The van der Waals surface area contributed by atoms with Crippen LogP contribution in [0.2, 0.25) is 0 Å². The van der Waals surface area contributed by atoms with Crippen molar-refractivity contribution in [2.45, 2.75) is 52.2 Å². The van der Waals surface area contributed by atoms with Gasteiger partial charge in [0.1, 0.15) is 5.75 Å². The lowest BCUT2D eigenvalue weighted by Gasteiger charge is -2.21. The fourth-order valence-corrected chi connectivity index (χ4v) is 2.66. The SMILES string of the molecule is CCNC(C1=CCCC1)c1cccc(OC(C)C)c1. The minimum Gasteiger partial charge on any atom is -0.491 e.